The van der Waals surface area contributed by atoms with Crippen molar-refractivity contribution in [2.45, 2.75) is 13.8 Å². The maximum absolute atomic E-state index is 13.4. The van der Waals surface area contributed by atoms with Crippen molar-refractivity contribution >= 4 is 34.8 Å². The first-order chi connectivity index (χ1) is 14.8. The van der Waals surface area contributed by atoms with Gasteiger partial charge < -0.3 is 5.32 Å². The Labute approximate surface area is 188 Å². The van der Waals surface area contributed by atoms with Crippen LogP contribution in [0.15, 0.2) is 60.7 Å². The minimum absolute atomic E-state index is 0.0484. The molecule has 0 radical (unpaired) electrons. The Morgan fingerprint density at radius 3 is 2.23 bits per heavy atom. The van der Waals surface area contributed by atoms with Crippen LogP contribution in [0.5, 0.6) is 0 Å². The van der Waals surface area contributed by atoms with E-state index in [0.717, 1.165) is 11.1 Å². The van der Waals surface area contributed by atoms with Crippen LogP contribution >= 0.6 is 23.2 Å². The number of hydrogen-bond donors (Lipinski definition) is 1. The molecule has 3 aromatic carbocycles. The summed E-state index contributed by atoms with van der Waals surface area (Å²) in [6, 6.07) is 16.4. The van der Waals surface area contributed by atoms with Gasteiger partial charge in [0.1, 0.15) is 5.82 Å². The summed E-state index contributed by atoms with van der Waals surface area (Å²) < 4.78 is 14.9. The molecule has 0 saturated heterocycles. The Bertz CT molecular complexity index is 1290. The fourth-order valence-corrected chi connectivity index (χ4v) is 3.30. The summed E-state index contributed by atoms with van der Waals surface area (Å²) in [7, 11) is 0. The van der Waals surface area contributed by atoms with Gasteiger partial charge in [-0.15, -0.1) is 5.10 Å². The highest BCUT2D eigenvalue weighted by atomic mass is 35.5. The second-order valence-electron chi connectivity index (χ2n) is 7.03. The molecule has 0 saturated carbocycles. The first kappa shape index (κ1) is 21.0. The van der Waals surface area contributed by atoms with Crippen LogP contribution in [0.25, 0.3) is 17.1 Å². The van der Waals surface area contributed by atoms with Crippen LogP contribution in [0, 0.1) is 19.7 Å². The molecule has 0 spiro atoms. The van der Waals surface area contributed by atoms with Crippen molar-refractivity contribution in [3.8, 4) is 17.1 Å². The van der Waals surface area contributed by atoms with Gasteiger partial charge in [-0.3, -0.25) is 4.79 Å². The van der Waals surface area contributed by atoms with E-state index in [1.54, 1.807) is 30.3 Å². The summed E-state index contributed by atoms with van der Waals surface area (Å²) in [6.45, 7) is 3.76. The first-order valence-electron chi connectivity index (χ1n) is 9.39. The number of hydrogen-bond acceptors (Lipinski definition) is 3. The number of anilines is 1. The zero-order valence-electron chi connectivity index (χ0n) is 16.7. The number of nitrogens with one attached hydrogen (secondary N) is 1. The Balaban J connectivity index is 1.76. The largest absolute Gasteiger partial charge is 0.319 e. The maximum atomic E-state index is 13.4. The van der Waals surface area contributed by atoms with Crippen molar-refractivity contribution in [3.05, 3.63) is 93.5 Å². The maximum Gasteiger partial charge on any atom is 0.295 e. The molecule has 0 aliphatic rings. The molecule has 1 aromatic heterocycles. The summed E-state index contributed by atoms with van der Waals surface area (Å²) >= 11 is 12.4. The minimum atomic E-state index is -0.500. The first-order valence-corrected chi connectivity index (χ1v) is 10.1. The highest BCUT2D eigenvalue weighted by Gasteiger charge is 2.20. The van der Waals surface area contributed by atoms with Crippen LogP contribution in [0.3, 0.4) is 0 Å². The second kappa shape index (κ2) is 8.49. The van der Waals surface area contributed by atoms with Crippen molar-refractivity contribution < 1.29 is 9.18 Å². The average Bonchev–Trinajstić information content (AvgIpc) is 3.19. The number of carbonyl (C=O) groups is 1. The van der Waals surface area contributed by atoms with Crippen molar-refractivity contribution in [1.29, 1.82) is 0 Å². The highest BCUT2D eigenvalue weighted by Crippen LogP contribution is 2.26. The number of nitrogens with zero attached hydrogens (tertiary/aromatic N) is 3. The number of benzene rings is 3. The average molecular weight is 455 g/mol. The van der Waals surface area contributed by atoms with E-state index in [1.807, 2.05) is 32.0 Å². The fraction of sp³-hybridized carbons (Fsp3) is 0.0870. The topological polar surface area (TPSA) is 59.8 Å². The number of rotatable bonds is 4. The van der Waals surface area contributed by atoms with Crippen molar-refractivity contribution in [1.82, 2.24) is 14.8 Å². The fourth-order valence-electron chi connectivity index (χ4n) is 2.95. The highest BCUT2D eigenvalue weighted by molar-refractivity contribution is 6.32. The predicted molar refractivity (Wildman–Crippen MR) is 121 cm³/mol. The Hall–Kier alpha value is -3.22. The van der Waals surface area contributed by atoms with Gasteiger partial charge in [0.05, 0.1) is 5.69 Å². The van der Waals surface area contributed by atoms with E-state index in [-0.39, 0.29) is 11.6 Å². The van der Waals surface area contributed by atoms with E-state index < -0.39 is 5.91 Å². The molecule has 0 aliphatic heterocycles. The molecule has 1 amide bonds. The molecule has 1 N–H and O–H groups in total. The molecular formula is C23H17Cl2FN4O. The van der Waals surface area contributed by atoms with Gasteiger partial charge in [0, 0.05) is 21.3 Å². The normalized spacial score (nSPS) is 10.9. The third kappa shape index (κ3) is 4.45. The summed E-state index contributed by atoms with van der Waals surface area (Å²) in [4.78, 5) is 17.3. The Morgan fingerprint density at radius 1 is 0.935 bits per heavy atom. The van der Waals surface area contributed by atoms with Crippen LogP contribution in [-0.2, 0) is 0 Å². The van der Waals surface area contributed by atoms with Crippen LogP contribution in [0.4, 0.5) is 10.1 Å². The van der Waals surface area contributed by atoms with Crippen molar-refractivity contribution in [2.75, 3.05) is 5.32 Å². The summed E-state index contributed by atoms with van der Waals surface area (Å²) in [5.74, 6) is -0.539. The lowest BCUT2D eigenvalue weighted by Crippen LogP contribution is -2.14. The third-order valence-corrected chi connectivity index (χ3v) is 5.56. The number of aromatic nitrogens is 3. The minimum Gasteiger partial charge on any atom is -0.319 e. The SMILES string of the molecule is Cc1ccc(NC(=O)c2nc(-c3ccc(F)cc3)n(-c3ccc(C)c(Cl)c3)n2)cc1Cl. The Morgan fingerprint density at radius 2 is 1.58 bits per heavy atom. The van der Waals surface area contributed by atoms with E-state index in [1.165, 1.54) is 16.8 Å². The lowest BCUT2D eigenvalue weighted by atomic mass is 10.2. The molecule has 4 rings (SSSR count). The molecule has 31 heavy (non-hydrogen) atoms. The summed E-state index contributed by atoms with van der Waals surface area (Å²) in [5, 5.41) is 8.24. The van der Waals surface area contributed by atoms with E-state index in [0.29, 0.717) is 32.8 Å². The lowest BCUT2D eigenvalue weighted by molar-refractivity contribution is 0.101. The summed E-state index contributed by atoms with van der Waals surface area (Å²) in [5.41, 5.74) is 3.56. The standard InChI is InChI=1S/C23H17Cl2FN4O/c1-13-3-9-17(11-19(13)24)27-23(31)21-28-22(15-5-7-16(26)8-6-15)30(29-21)18-10-4-14(2)20(25)12-18/h3-12H,1-2H3,(H,27,31). The molecule has 0 fully saturated rings. The second-order valence-corrected chi connectivity index (χ2v) is 7.84. The van der Waals surface area contributed by atoms with Crippen LogP contribution in [-0.4, -0.2) is 20.7 Å². The van der Waals surface area contributed by atoms with E-state index in [4.69, 9.17) is 23.2 Å². The number of amides is 1. The van der Waals surface area contributed by atoms with Gasteiger partial charge in [-0.25, -0.2) is 14.1 Å². The zero-order valence-corrected chi connectivity index (χ0v) is 18.2. The summed E-state index contributed by atoms with van der Waals surface area (Å²) in [6.07, 6.45) is 0. The quantitative estimate of drug-likeness (QED) is 0.396. The van der Waals surface area contributed by atoms with Gasteiger partial charge in [-0.2, -0.15) is 0 Å². The van der Waals surface area contributed by atoms with Crippen molar-refractivity contribution in [3.63, 3.8) is 0 Å². The van der Waals surface area contributed by atoms with Crippen molar-refractivity contribution in [2.24, 2.45) is 0 Å². The van der Waals surface area contributed by atoms with Gasteiger partial charge in [-0.1, -0.05) is 35.3 Å². The number of aryl methyl sites for hydroxylation is 2. The molecule has 0 atom stereocenters. The molecule has 8 heteroatoms. The van der Waals surface area contributed by atoms with Gasteiger partial charge in [0.15, 0.2) is 5.82 Å². The molecule has 0 unspecified atom stereocenters. The van der Waals surface area contributed by atoms with Gasteiger partial charge in [0.2, 0.25) is 5.82 Å². The van der Waals surface area contributed by atoms with E-state index in [2.05, 4.69) is 15.4 Å². The van der Waals surface area contributed by atoms with Gasteiger partial charge in [0.25, 0.3) is 5.91 Å². The van der Waals surface area contributed by atoms with E-state index in [9.17, 15) is 9.18 Å². The molecular weight excluding hydrogens is 438 g/mol. The number of halogens is 3. The monoisotopic (exact) mass is 454 g/mol. The molecule has 1 heterocycles. The lowest BCUT2D eigenvalue weighted by Gasteiger charge is -2.07. The molecule has 0 bridgehead atoms. The van der Waals surface area contributed by atoms with Crippen LogP contribution in [0.1, 0.15) is 21.7 Å². The molecule has 4 aromatic rings. The Kier molecular flexibility index (Phi) is 5.76. The predicted octanol–water partition coefficient (Wildman–Crippen LogP) is 6.25. The smallest absolute Gasteiger partial charge is 0.295 e. The molecule has 156 valence electrons. The third-order valence-electron chi connectivity index (χ3n) is 4.74. The number of carbonyl (C=O) groups excluding carboxylic acids is 1. The van der Waals surface area contributed by atoms with Crippen LogP contribution < -0.4 is 5.32 Å². The van der Waals surface area contributed by atoms with Crippen LogP contribution in [0.2, 0.25) is 10.0 Å². The van der Waals surface area contributed by atoms with Gasteiger partial charge >= 0.3 is 0 Å². The zero-order chi connectivity index (χ0) is 22.1. The van der Waals surface area contributed by atoms with E-state index >= 15 is 0 Å². The van der Waals surface area contributed by atoms with Gasteiger partial charge in [-0.05, 0) is 73.5 Å². The molecule has 0 aliphatic carbocycles. The molecule has 5 nitrogen and oxygen atoms in total.